The summed E-state index contributed by atoms with van der Waals surface area (Å²) in [6.45, 7) is 4.52. The summed E-state index contributed by atoms with van der Waals surface area (Å²) in [5.41, 5.74) is 1.41. The molecule has 1 heterocycles. The van der Waals surface area contributed by atoms with Crippen LogP contribution in [-0.4, -0.2) is 19.2 Å². The highest BCUT2D eigenvalue weighted by Gasteiger charge is 2.31. The lowest BCUT2D eigenvalue weighted by molar-refractivity contribution is 0.413. The number of rotatable bonds is 3. The van der Waals surface area contributed by atoms with Crippen LogP contribution in [-0.2, 0) is 0 Å². The Morgan fingerprint density at radius 3 is 2.94 bits per heavy atom. The number of nitrogens with one attached hydrogen (secondary N) is 1. The van der Waals surface area contributed by atoms with Crippen LogP contribution in [0.2, 0.25) is 0 Å². The van der Waals surface area contributed by atoms with Crippen molar-refractivity contribution in [2.45, 2.75) is 44.7 Å². The van der Waals surface area contributed by atoms with Crippen molar-refractivity contribution in [3.05, 3.63) is 29.8 Å². The Labute approximate surface area is 98.0 Å². The first-order chi connectivity index (χ1) is 7.74. The molecule has 2 nitrogen and oxygen atoms in total. The highest BCUT2D eigenvalue weighted by Crippen LogP contribution is 2.33. The van der Waals surface area contributed by atoms with Crippen LogP contribution in [0.3, 0.4) is 0 Å². The summed E-state index contributed by atoms with van der Waals surface area (Å²) in [4.78, 5) is 0. The first-order valence-corrected chi connectivity index (χ1v) is 6.14. The third kappa shape index (κ3) is 2.22. The summed E-state index contributed by atoms with van der Waals surface area (Å²) < 4.78 is 5.29. The predicted octanol–water partition coefficient (Wildman–Crippen LogP) is 2.94. The zero-order valence-corrected chi connectivity index (χ0v) is 10.4. The summed E-state index contributed by atoms with van der Waals surface area (Å²) >= 11 is 0. The van der Waals surface area contributed by atoms with Gasteiger partial charge in [-0.2, -0.15) is 0 Å². The Bertz CT molecular complexity index is 350. The molecule has 2 heteroatoms. The van der Waals surface area contributed by atoms with Crippen LogP contribution in [0, 0.1) is 0 Å². The predicted molar refractivity (Wildman–Crippen MR) is 67.0 cm³/mol. The molecule has 0 bridgehead atoms. The van der Waals surface area contributed by atoms with Gasteiger partial charge in [0.15, 0.2) is 0 Å². The van der Waals surface area contributed by atoms with Crippen molar-refractivity contribution in [1.29, 1.82) is 0 Å². The first kappa shape index (κ1) is 11.5. The normalized spacial score (nSPS) is 29.3. The molecule has 2 rings (SSSR count). The molecule has 1 N–H and O–H groups in total. The lowest BCUT2D eigenvalue weighted by Gasteiger charge is -2.18. The molecular formula is C14H21NO. The zero-order chi connectivity index (χ0) is 11.5. The lowest BCUT2D eigenvalue weighted by Crippen LogP contribution is -2.28. The van der Waals surface area contributed by atoms with Gasteiger partial charge in [0.25, 0.3) is 0 Å². The summed E-state index contributed by atoms with van der Waals surface area (Å²) in [5.74, 6) is 1.60. The molecule has 0 radical (unpaired) electrons. The van der Waals surface area contributed by atoms with Crippen molar-refractivity contribution in [2.75, 3.05) is 7.11 Å². The molecule has 3 unspecified atom stereocenters. The lowest BCUT2D eigenvalue weighted by atomic mass is 9.89. The minimum Gasteiger partial charge on any atom is -0.497 e. The van der Waals surface area contributed by atoms with Crippen molar-refractivity contribution >= 4 is 0 Å². The van der Waals surface area contributed by atoms with E-state index in [1.165, 1.54) is 18.4 Å². The summed E-state index contributed by atoms with van der Waals surface area (Å²) in [6, 6.07) is 9.73. The fraction of sp³-hybridized carbons (Fsp3) is 0.571. The highest BCUT2D eigenvalue weighted by atomic mass is 16.5. The first-order valence-electron chi connectivity index (χ1n) is 6.14. The third-order valence-corrected chi connectivity index (χ3v) is 3.55. The summed E-state index contributed by atoms with van der Waals surface area (Å²) in [5, 5.41) is 3.65. The molecule has 0 aliphatic carbocycles. The standard InChI is InChI=1S/C14H21NO/c1-4-14-13(8-10(2)15-14)11-6-5-7-12(9-11)16-3/h5-7,9-10,13-15H,4,8H2,1-3H3. The molecule has 1 aromatic carbocycles. The van der Waals surface area contributed by atoms with Crippen LogP contribution in [0.25, 0.3) is 0 Å². The summed E-state index contributed by atoms with van der Waals surface area (Å²) in [7, 11) is 1.73. The van der Waals surface area contributed by atoms with Crippen LogP contribution in [0.15, 0.2) is 24.3 Å². The van der Waals surface area contributed by atoms with Gasteiger partial charge in [0.2, 0.25) is 0 Å². The number of benzene rings is 1. The van der Waals surface area contributed by atoms with Crippen molar-refractivity contribution < 1.29 is 4.74 Å². The van der Waals surface area contributed by atoms with Gasteiger partial charge in [0.1, 0.15) is 5.75 Å². The van der Waals surface area contributed by atoms with E-state index < -0.39 is 0 Å². The second-order valence-electron chi connectivity index (χ2n) is 4.70. The zero-order valence-electron chi connectivity index (χ0n) is 10.4. The minimum absolute atomic E-state index is 0.613. The van der Waals surface area contributed by atoms with E-state index in [4.69, 9.17) is 4.74 Å². The molecule has 16 heavy (non-hydrogen) atoms. The van der Waals surface area contributed by atoms with Crippen LogP contribution < -0.4 is 10.1 Å². The van der Waals surface area contributed by atoms with Gasteiger partial charge in [0.05, 0.1) is 7.11 Å². The van der Waals surface area contributed by atoms with Crippen LogP contribution >= 0.6 is 0 Å². The summed E-state index contributed by atoms with van der Waals surface area (Å²) in [6.07, 6.45) is 2.41. The second kappa shape index (κ2) is 4.88. The van der Waals surface area contributed by atoms with Gasteiger partial charge in [-0.3, -0.25) is 0 Å². The molecule has 1 saturated heterocycles. The number of hydrogen-bond acceptors (Lipinski definition) is 2. The molecular weight excluding hydrogens is 198 g/mol. The van der Waals surface area contributed by atoms with E-state index in [9.17, 15) is 0 Å². The maximum Gasteiger partial charge on any atom is 0.119 e. The largest absolute Gasteiger partial charge is 0.497 e. The van der Waals surface area contributed by atoms with Gasteiger partial charge < -0.3 is 10.1 Å². The fourth-order valence-electron chi connectivity index (χ4n) is 2.74. The Morgan fingerprint density at radius 2 is 2.25 bits per heavy atom. The molecule has 1 aromatic rings. The second-order valence-corrected chi connectivity index (χ2v) is 4.70. The van der Waals surface area contributed by atoms with E-state index in [0.717, 1.165) is 5.75 Å². The van der Waals surface area contributed by atoms with E-state index in [2.05, 4.69) is 37.4 Å². The quantitative estimate of drug-likeness (QED) is 0.844. The smallest absolute Gasteiger partial charge is 0.119 e. The van der Waals surface area contributed by atoms with E-state index in [0.29, 0.717) is 18.0 Å². The van der Waals surface area contributed by atoms with E-state index in [1.807, 2.05) is 6.07 Å². The molecule has 1 aliphatic heterocycles. The van der Waals surface area contributed by atoms with E-state index in [1.54, 1.807) is 7.11 Å². The molecule has 1 aliphatic rings. The Morgan fingerprint density at radius 1 is 1.44 bits per heavy atom. The van der Waals surface area contributed by atoms with Crippen molar-refractivity contribution in [1.82, 2.24) is 5.32 Å². The molecule has 88 valence electrons. The Kier molecular flexibility index (Phi) is 3.49. The van der Waals surface area contributed by atoms with Crippen LogP contribution in [0.1, 0.15) is 38.2 Å². The van der Waals surface area contributed by atoms with E-state index >= 15 is 0 Å². The SMILES string of the molecule is CCC1NC(C)CC1c1cccc(OC)c1. The van der Waals surface area contributed by atoms with Crippen molar-refractivity contribution in [2.24, 2.45) is 0 Å². The topological polar surface area (TPSA) is 21.3 Å². The number of ether oxygens (including phenoxy) is 1. The molecule has 0 saturated carbocycles. The van der Waals surface area contributed by atoms with Crippen molar-refractivity contribution in [3.63, 3.8) is 0 Å². The maximum absolute atomic E-state index is 5.29. The monoisotopic (exact) mass is 219 g/mol. The third-order valence-electron chi connectivity index (χ3n) is 3.55. The van der Waals surface area contributed by atoms with E-state index in [-0.39, 0.29) is 0 Å². The van der Waals surface area contributed by atoms with Gasteiger partial charge in [0, 0.05) is 18.0 Å². The molecule has 3 atom stereocenters. The molecule has 0 aromatic heterocycles. The van der Waals surface area contributed by atoms with Crippen LogP contribution in [0.4, 0.5) is 0 Å². The molecule has 0 amide bonds. The minimum atomic E-state index is 0.613. The fourth-order valence-corrected chi connectivity index (χ4v) is 2.74. The van der Waals surface area contributed by atoms with Gasteiger partial charge in [-0.05, 0) is 37.5 Å². The number of methoxy groups -OCH3 is 1. The van der Waals surface area contributed by atoms with Crippen LogP contribution in [0.5, 0.6) is 5.75 Å². The van der Waals surface area contributed by atoms with Crippen molar-refractivity contribution in [3.8, 4) is 5.75 Å². The number of hydrogen-bond donors (Lipinski definition) is 1. The van der Waals surface area contributed by atoms with Gasteiger partial charge >= 0.3 is 0 Å². The van der Waals surface area contributed by atoms with Gasteiger partial charge in [-0.15, -0.1) is 0 Å². The molecule has 1 fully saturated rings. The van der Waals surface area contributed by atoms with Gasteiger partial charge in [-0.1, -0.05) is 19.1 Å². The maximum atomic E-state index is 5.29. The van der Waals surface area contributed by atoms with Gasteiger partial charge in [-0.25, -0.2) is 0 Å². The average Bonchev–Trinajstić information content (AvgIpc) is 2.70. The Hall–Kier alpha value is -1.02. The molecule has 0 spiro atoms. The highest BCUT2D eigenvalue weighted by molar-refractivity contribution is 5.32. The average molecular weight is 219 g/mol. The Balaban J connectivity index is 2.22.